The first-order chi connectivity index (χ1) is 12.6. The van der Waals surface area contributed by atoms with Gasteiger partial charge in [0.05, 0.1) is 10.7 Å². The zero-order valence-corrected chi connectivity index (χ0v) is 14.5. The lowest BCUT2D eigenvalue weighted by Gasteiger charge is -2.15. The fraction of sp³-hybridized carbons (Fsp3) is 0.0952. The van der Waals surface area contributed by atoms with Gasteiger partial charge in [-0.3, -0.25) is 5.32 Å². The topological polar surface area (TPSA) is 58.6 Å². The van der Waals surface area contributed by atoms with Gasteiger partial charge in [0.2, 0.25) is 0 Å². The summed E-state index contributed by atoms with van der Waals surface area (Å²) in [6, 6.07) is 20.7. The second kappa shape index (κ2) is 6.73. The molecule has 0 unspecified atom stereocenters. The number of benzene rings is 3. The summed E-state index contributed by atoms with van der Waals surface area (Å²) in [5.74, 6) is 0.0385. The SMILES string of the molecule is O=C(Nc1ccc(O)cc1Cl)OCC1c2ccccc2-c2ccccc21. The highest BCUT2D eigenvalue weighted by atomic mass is 35.5. The number of aromatic hydroxyl groups is 1. The van der Waals surface area contributed by atoms with E-state index in [0.717, 1.165) is 11.1 Å². The molecule has 130 valence electrons. The number of halogens is 1. The Hall–Kier alpha value is -2.98. The maximum absolute atomic E-state index is 12.2. The summed E-state index contributed by atoms with van der Waals surface area (Å²) in [4.78, 5) is 12.2. The quantitative estimate of drug-likeness (QED) is 0.610. The number of anilines is 1. The van der Waals surface area contributed by atoms with Gasteiger partial charge in [0.1, 0.15) is 12.4 Å². The summed E-state index contributed by atoms with van der Waals surface area (Å²) in [7, 11) is 0. The smallest absolute Gasteiger partial charge is 0.411 e. The first-order valence-corrected chi connectivity index (χ1v) is 8.62. The van der Waals surface area contributed by atoms with E-state index in [4.69, 9.17) is 16.3 Å². The third kappa shape index (κ3) is 3.00. The van der Waals surface area contributed by atoms with Gasteiger partial charge in [-0.1, -0.05) is 60.1 Å². The highest BCUT2D eigenvalue weighted by Gasteiger charge is 2.29. The molecule has 0 heterocycles. The second-order valence-corrected chi connectivity index (χ2v) is 6.52. The van der Waals surface area contributed by atoms with Gasteiger partial charge in [-0.2, -0.15) is 0 Å². The van der Waals surface area contributed by atoms with Crippen LogP contribution in [0, 0.1) is 0 Å². The van der Waals surface area contributed by atoms with Gasteiger partial charge in [-0.05, 0) is 34.4 Å². The minimum Gasteiger partial charge on any atom is -0.508 e. The molecule has 1 amide bonds. The van der Waals surface area contributed by atoms with E-state index in [1.807, 2.05) is 24.3 Å². The summed E-state index contributed by atoms with van der Waals surface area (Å²) in [6.07, 6.45) is -0.584. The van der Waals surface area contributed by atoms with E-state index in [1.165, 1.54) is 29.3 Å². The number of carbonyl (C=O) groups excluding carboxylic acids is 1. The van der Waals surface area contributed by atoms with Crippen molar-refractivity contribution in [3.05, 3.63) is 82.9 Å². The molecule has 1 aliphatic carbocycles. The van der Waals surface area contributed by atoms with Gasteiger partial charge < -0.3 is 9.84 Å². The standard InChI is InChI=1S/C21H16ClNO3/c22-19-11-13(24)9-10-20(19)23-21(25)26-12-18-16-7-3-1-5-14(16)15-6-2-4-8-17(15)18/h1-11,18,24H,12H2,(H,23,25). The van der Waals surface area contributed by atoms with Crippen LogP contribution in [-0.4, -0.2) is 17.8 Å². The molecule has 3 aromatic rings. The average molecular weight is 366 g/mol. The lowest BCUT2D eigenvalue weighted by atomic mass is 9.98. The minimum absolute atomic E-state index is 0.00318. The fourth-order valence-corrected chi connectivity index (χ4v) is 3.57. The zero-order chi connectivity index (χ0) is 18.1. The van der Waals surface area contributed by atoms with Crippen LogP contribution in [0.1, 0.15) is 17.0 Å². The van der Waals surface area contributed by atoms with E-state index in [-0.39, 0.29) is 23.3 Å². The van der Waals surface area contributed by atoms with Gasteiger partial charge in [-0.25, -0.2) is 4.79 Å². The number of ether oxygens (including phenoxy) is 1. The molecule has 0 saturated heterocycles. The first-order valence-electron chi connectivity index (χ1n) is 8.24. The van der Waals surface area contributed by atoms with Crippen molar-refractivity contribution in [1.82, 2.24) is 0 Å². The number of nitrogens with one attached hydrogen (secondary N) is 1. The van der Waals surface area contributed by atoms with Gasteiger partial charge in [0, 0.05) is 12.0 Å². The van der Waals surface area contributed by atoms with E-state index in [9.17, 15) is 9.90 Å². The molecule has 4 rings (SSSR count). The van der Waals surface area contributed by atoms with Crippen LogP contribution in [0.25, 0.3) is 11.1 Å². The number of phenols is 1. The van der Waals surface area contributed by atoms with Crippen LogP contribution in [0.4, 0.5) is 10.5 Å². The lowest BCUT2D eigenvalue weighted by Crippen LogP contribution is -2.18. The average Bonchev–Trinajstić information content (AvgIpc) is 2.96. The number of phenolic OH excluding ortho intramolecular Hbond substituents is 1. The van der Waals surface area contributed by atoms with Crippen molar-refractivity contribution in [3.63, 3.8) is 0 Å². The Morgan fingerprint density at radius 2 is 1.62 bits per heavy atom. The Labute approximate surface area is 156 Å². The highest BCUT2D eigenvalue weighted by molar-refractivity contribution is 6.33. The Bertz CT molecular complexity index is 941. The number of amides is 1. The summed E-state index contributed by atoms with van der Waals surface area (Å²) >= 11 is 6.00. The van der Waals surface area contributed by atoms with Crippen LogP contribution in [-0.2, 0) is 4.74 Å². The molecule has 0 bridgehead atoms. The second-order valence-electron chi connectivity index (χ2n) is 6.11. The van der Waals surface area contributed by atoms with Crippen LogP contribution < -0.4 is 5.32 Å². The molecule has 0 aromatic heterocycles. The molecule has 0 saturated carbocycles. The maximum Gasteiger partial charge on any atom is 0.411 e. The van der Waals surface area contributed by atoms with Crippen LogP contribution in [0.3, 0.4) is 0 Å². The number of hydrogen-bond donors (Lipinski definition) is 2. The van der Waals surface area contributed by atoms with Crippen molar-refractivity contribution >= 4 is 23.4 Å². The summed E-state index contributed by atoms with van der Waals surface area (Å²) in [5, 5.41) is 12.2. The van der Waals surface area contributed by atoms with E-state index < -0.39 is 6.09 Å². The minimum atomic E-state index is -0.584. The van der Waals surface area contributed by atoms with E-state index in [2.05, 4.69) is 29.6 Å². The molecule has 5 heteroatoms. The summed E-state index contributed by atoms with van der Waals surface area (Å²) in [6.45, 7) is 0.232. The Balaban J connectivity index is 1.50. The van der Waals surface area contributed by atoms with Gasteiger partial charge in [-0.15, -0.1) is 0 Å². The summed E-state index contributed by atoms with van der Waals surface area (Å²) < 4.78 is 5.46. The predicted molar refractivity (Wildman–Crippen MR) is 102 cm³/mol. The maximum atomic E-state index is 12.2. The first kappa shape index (κ1) is 16.5. The molecule has 4 nitrogen and oxygen atoms in total. The number of rotatable bonds is 3. The Kier molecular flexibility index (Phi) is 4.27. The molecule has 3 aromatic carbocycles. The van der Waals surface area contributed by atoms with Gasteiger partial charge in [0.15, 0.2) is 0 Å². The number of carbonyl (C=O) groups is 1. The van der Waals surface area contributed by atoms with Crippen molar-refractivity contribution in [2.45, 2.75) is 5.92 Å². The van der Waals surface area contributed by atoms with Crippen molar-refractivity contribution < 1.29 is 14.6 Å². The van der Waals surface area contributed by atoms with E-state index in [1.54, 1.807) is 0 Å². The van der Waals surface area contributed by atoms with Crippen molar-refractivity contribution in [2.24, 2.45) is 0 Å². The number of fused-ring (bicyclic) bond motifs is 3. The molecule has 26 heavy (non-hydrogen) atoms. The molecule has 0 atom stereocenters. The molecular formula is C21H16ClNO3. The largest absolute Gasteiger partial charge is 0.508 e. The van der Waals surface area contributed by atoms with E-state index in [0.29, 0.717) is 5.69 Å². The fourth-order valence-electron chi connectivity index (χ4n) is 3.35. The van der Waals surface area contributed by atoms with Crippen LogP contribution >= 0.6 is 11.6 Å². The predicted octanol–water partition coefficient (Wildman–Crippen LogP) is 5.41. The highest BCUT2D eigenvalue weighted by Crippen LogP contribution is 2.44. The lowest BCUT2D eigenvalue weighted by molar-refractivity contribution is 0.158. The van der Waals surface area contributed by atoms with Crippen molar-refractivity contribution in [3.8, 4) is 16.9 Å². The molecule has 0 spiro atoms. The van der Waals surface area contributed by atoms with Crippen LogP contribution in [0.5, 0.6) is 5.75 Å². The van der Waals surface area contributed by atoms with Gasteiger partial charge >= 0.3 is 6.09 Å². The third-order valence-electron chi connectivity index (χ3n) is 4.53. The zero-order valence-electron chi connectivity index (χ0n) is 13.8. The van der Waals surface area contributed by atoms with Crippen LogP contribution in [0.2, 0.25) is 5.02 Å². The molecule has 0 aliphatic heterocycles. The van der Waals surface area contributed by atoms with E-state index >= 15 is 0 Å². The Morgan fingerprint density at radius 3 is 2.23 bits per heavy atom. The molecular weight excluding hydrogens is 350 g/mol. The normalized spacial score (nSPS) is 12.3. The monoisotopic (exact) mass is 365 g/mol. The molecule has 1 aliphatic rings. The molecule has 2 N–H and O–H groups in total. The third-order valence-corrected chi connectivity index (χ3v) is 4.85. The summed E-state index contributed by atoms with van der Waals surface area (Å²) in [5.41, 5.74) is 5.06. The van der Waals surface area contributed by atoms with Crippen LogP contribution in [0.15, 0.2) is 66.7 Å². The van der Waals surface area contributed by atoms with Crippen molar-refractivity contribution in [2.75, 3.05) is 11.9 Å². The molecule has 0 fully saturated rings. The van der Waals surface area contributed by atoms with Gasteiger partial charge in [0.25, 0.3) is 0 Å². The number of hydrogen-bond acceptors (Lipinski definition) is 3. The molecule has 0 radical (unpaired) electrons. The van der Waals surface area contributed by atoms with Crippen molar-refractivity contribution in [1.29, 1.82) is 0 Å². The Morgan fingerprint density at radius 1 is 1.00 bits per heavy atom.